The van der Waals surface area contributed by atoms with Crippen LogP contribution in [0, 0.1) is 0 Å². The molecule has 0 unspecified atom stereocenters. The predicted octanol–water partition coefficient (Wildman–Crippen LogP) is 1.37. The minimum absolute atomic E-state index is 0.00382. The number of halogens is 2. The van der Waals surface area contributed by atoms with Crippen molar-refractivity contribution in [1.82, 2.24) is 20.6 Å². The number of hydrogen-bond acceptors (Lipinski definition) is 8. The molecule has 0 fully saturated rings. The Balaban J connectivity index is 2.10. The number of amides is 2. The largest absolute Gasteiger partial charge is 0.481 e. The number of imidazole rings is 1. The van der Waals surface area contributed by atoms with Crippen molar-refractivity contribution in [3.05, 3.63) is 52.0 Å². The molecule has 0 aliphatic rings. The third-order valence-corrected chi connectivity index (χ3v) is 5.00. The summed E-state index contributed by atoms with van der Waals surface area (Å²) in [5.74, 6) is -4.19. The van der Waals surface area contributed by atoms with Crippen LogP contribution in [-0.2, 0) is 30.3 Å². The van der Waals surface area contributed by atoms with Gasteiger partial charge in [0, 0.05) is 18.3 Å². The van der Waals surface area contributed by atoms with Gasteiger partial charge in [0.05, 0.1) is 35.5 Å². The molecule has 1 heterocycles. The van der Waals surface area contributed by atoms with Gasteiger partial charge in [0.15, 0.2) is 12.4 Å². The summed E-state index contributed by atoms with van der Waals surface area (Å²) in [6.07, 6.45) is 0.988. The minimum Gasteiger partial charge on any atom is -0.481 e. The number of aromatic amines is 1. The molecule has 0 saturated heterocycles. The zero-order valence-corrected chi connectivity index (χ0v) is 19.2. The number of ketones is 1. The summed E-state index contributed by atoms with van der Waals surface area (Å²) in [5.41, 5.74) is 0.308. The number of nitrogens with one attached hydrogen (secondary N) is 3. The number of ether oxygens (including phenoxy) is 2. The van der Waals surface area contributed by atoms with Gasteiger partial charge in [-0.3, -0.25) is 14.4 Å². The van der Waals surface area contributed by atoms with E-state index in [9.17, 15) is 24.0 Å². The first-order valence-corrected chi connectivity index (χ1v) is 10.4. The van der Waals surface area contributed by atoms with Gasteiger partial charge >= 0.3 is 18.0 Å². The van der Waals surface area contributed by atoms with Crippen molar-refractivity contribution in [3.8, 4) is 0 Å². The highest BCUT2D eigenvalue weighted by atomic mass is 35.5. The number of esters is 1. The summed E-state index contributed by atoms with van der Waals surface area (Å²) in [6, 6.07) is 1.50. The van der Waals surface area contributed by atoms with Crippen LogP contribution in [0.1, 0.15) is 22.5 Å². The summed E-state index contributed by atoms with van der Waals surface area (Å²) < 4.78 is 9.42. The number of H-pyrrole nitrogens is 1. The van der Waals surface area contributed by atoms with E-state index in [1.54, 1.807) is 0 Å². The smallest absolute Gasteiger partial charge is 0.407 e. The number of benzene rings is 1. The molecular weight excluding hydrogens is 495 g/mol. The number of aromatic nitrogens is 2. The highest BCUT2D eigenvalue weighted by Gasteiger charge is 2.30. The first-order valence-electron chi connectivity index (χ1n) is 9.60. The molecule has 4 N–H and O–H groups in total. The Morgan fingerprint density at radius 3 is 2.35 bits per heavy atom. The van der Waals surface area contributed by atoms with E-state index in [2.05, 4.69) is 25.3 Å². The van der Waals surface area contributed by atoms with E-state index in [1.807, 2.05) is 0 Å². The second-order valence-corrected chi connectivity index (χ2v) is 7.58. The standard InChI is InChI=1S/C20H20Cl2N4O8/c1-33-20(32)26-14(5-10-7-23-9-24-10)18(30)25-13(6-16(28)29)15(27)8-34-19(31)17-11(21)3-2-4-12(17)22/h2-4,7,9,13-14H,5-6,8H2,1H3,(H,23,24)(H,25,30)(H,26,32)(H,28,29)/t13-,14-/m0/s1. The molecule has 0 spiro atoms. The normalized spacial score (nSPS) is 12.2. The Morgan fingerprint density at radius 1 is 1.12 bits per heavy atom. The Hall–Kier alpha value is -3.64. The van der Waals surface area contributed by atoms with Crippen LogP contribution in [0.5, 0.6) is 0 Å². The molecule has 0 radical (unpaired) electrons. The molecule has 182 valence electrons. The van der Waals surface area contributed by atoms with Gasteiger partial charge in [0.2, 0.25) is 5.91 Å². The highest BCUT2D eigenvalue weighted by Crippen LogP contribution is 2.24. The monoisotopic (exact) mass is 514 g/mol. The number of carboxylic acids is 1. The number of aliphatic carboxylic acids is 1. The number of hydrogen-bond donors (Lipinski definition) is 4. The third kappa shape index (κ3) is 7.74. The molecule has 2 rings (SSSR count). The summed E-state index contributed by atoms with van der Waals surface area (Å²) >= 11 is 11.9. The molecule has 34 heavy (non-hydrogen) atoms. The van der Waals surface area contributed by atoms with E-state index in [1.165, 1.54) is 30.7 Å². The molecule has 2 aromatic rings. The average molecular weight is 515 g/mol. The van der Waals surface area contributed by atoms with Crippen LogP contribution in [0.3, 0.4) is 0 Å². The zero-order valence-electron chi connectivity index (χ0n) is 17.7. The number of rotatable bonds is 11. The lowest BCUT2D eigenvalue weighted by Crippen LogP contribution is -2.53. The van der Waals surface area contributed by atoms with Crippen LogP contribution in [-0.4, -0.2) is 70.6 Å². The number of Topliss-reactive ketones (excluding diaryl/α,β-unsaturated/α-hetero) is 1. The number of carbonyl (C=O) groups is 5. The summed E-state index contributed by atoms with van der Waals surface area (Å²) in [6.45, 7) is -0.867. The Labute approximate surface area is 202 Å². The van der Waals surface area contributed by atoms with Crippen molar-refractivity contribution < 1.29 is 38.6 Å². The van der Waals surface area contributed by atoms with Gasteiger partial charge in [-0.05, 0) is 12.1 Å². The molecule has 0 aliphatic carbocycles. The molecule has 0 bridgehead atoms. The van der Waals surface area contributed by atoms with Crippen molar-refractivity contribution in [2.75, 3.05) is 13.7 Å². The van der Waals surface area contributed by atoms with Gasteiger partial charge < -0.3 is 30.2 Å². The Kier molecular flexibility index (Phi) is 9.83. The Bertz CT molecular complexity index is 1040. The maximum atomic E-state index is 12.8. The number of methoxy groups -OCH3 is 1. The lowest BCUT2D eigenvalue weighted by atomic mass is 10.1. The van der Waals surface area contributed by atoms with Gasteiger partial charge in [-0.1, -0.05) is 29.3 Å². The van der Waals surface area contributed by atoms with Crippen LogP contribution < -0.4 is 10.6 Å². The molecule has 14 heteroatoms. The second-order valence-electron chi connectivity index (χ2n) is 6.77. The van der Waals surface area contributed by atoms with E-state index in [4.69, 9.17) is 33.0 Å². The van der Waals surface area contributed by atoms with Crippen molar-refractivity contribution in [1.29, 1.82) is 0 Å². The lowest BCUT2D eigenvalue weighted by molar-refractivity contribution is -0.140. The van der Waals surface area contributed by atoms with E-state index < -0.39 is 54.8 Å². The van der Waals surface area contributed by atoms with Crippen LogP contribution in [0.2, 0.25) is 10.0 Å². The molecule has 2 amide bonds. The van der Waals surface area contributed by atoms with Gasteiger partial charge in [-0.15, -0.1) is 0 Å². The fourth-order valence-electron chi connectivity index (χ4n) is 2.72. The molecular formula is C20H20Cl2N4O8. The van der Waals surface area contributed by atoms with E-state index in [0.717, 1.165) is 7.11 Å². The third-order valence-electron chi connectivity index (χ3n) is 4.37. The molecule has 12 nitrogen and oxygen atoms in total. The van der Waals surface area contributed by atoms with E-state index in [0.29, 0.717) is 5.69 Å². The average Bonchev–Trinajstić information content (AvgIpc) is 3.29. The quantitative estimate of drug-likeness (QED) is 0.322. The molecule has 1 aromatic heterocycles. The first kappa shape index (κ1) is 26.6. The van der Waals surface area contributed by atoms with Crippen molar-refractivity contribution in [2.24, 2.45) is 0 Å². The van der Waals surface area contributed by atoms with E-state index >= 15 is 0 Å². The number of carboxylic acid groups (broad SMARTS) is 1. The van der Waals surface area contributed by atoms with Crippen molar-refractivity contribution >= 4 is 52.9 Å². The van der Waals surface area contributed by atoms with Crippen LogP contribution in [0.25, 0.3) is 0 Å². The zero-order chi connectivity index (χ0) is 25.3. The summed E-state index contributed by atoms with van der Waals surface area (Å²) in [7, 11) is 1.09. The van der Waals surface area contributed by atoms with Crippen LogP contribution in [0.15, 0.2) is 30.7 Å². The van der Waals surface area contributed by atoms with Gasteiger partial charge in [0.25, 0.3) is 0 Å². The van der Waals surface area contributed by atoms with Gasteiger partial charge in [0.1, 0.15) is 12.1 Å². The number of carbonyl (C=O) groups excluding carboxylic acids is 4. The maximum Gasteiger partial charge on any atom is 0.407 e. The number of nitrogens with zero attached hydrogens (tertiary/aromatic N) is 1. The van der Waals surface area contributed by atoms with Gasteiger partial charge in [-0.2, -0.15) is 0 Å². The van der Waals surface area contributed by atoms with Crippen LogP contribution in [0.4, 0.5) is 4.79 Å². The predicted molar refractivity (Wildman–Crippen MR) is 118 cm³/mol. The topological polar surface area (TPSA) is 177 Å². The minimum atomic E-state index is -1.57. The van der Waals surface area contributed by atoms with E-state index in [-0.39, 0.29) is 22.0 Å². The van der Waals surface area contributed by atoms with Crippen molar-refractivity contribution in [2.45, 2.75) is 24.9 Å². The van der Waals surface area contributed by atoms with Crippen LogP contribution >= 0.6 is 23.2 Å². The SMILES string of the molecule is COC(=O)N[C@@H](Cc1cnc[nH]1)C(=O)N[C@@H](CC(=O)O)C(=O)COC(=O)c1c(Cl)cccc1Cl. The fraction of sp³-hybridized carbons (Fsp3) is 0.300. The fourth-order valence-corrected chi connectivity index (χ4v) is 3.27. The first-order chi connectivity index (χ1) is 16.1. The lowest BCUT2D eigenvalue weighted by Gasteiger charge is -2.21. The molecule has 0 aliphatic heterocycles. The van der Waals surface area contributed by atoms with Gasteiger partial charge in [-0.25, -0.2) is 14.6 Å². The molecule has 0 saturated carbocycles. The second kappa shape index (κ2) is 12.6. The summed E-state index contributed by atoms with van der Waals surface area (Å²) in [5, 5.41) is 13.7. The molecule has 1 aromatic carbocycles. The highest BCUT2D eigenvalue weighted by molar-refractivity contribution is 6.39. The Morgan fingerprint density at radius 2 is 1.79 bits per heavy atom. The number of alkyl carbamates (subject to hydrolysis) is 1. The van der Waals surface area contributed by atoms with Crippen molar-refractivity contribution in [3.63, 3.8) is 0 Å². The molecule has 2 atom stereocenters. The summed E-state index contributed by atoms with van der Waals surface area (Å²) in [4.78, 5) is 67.1. The maximum absolute atomic E-state index is 12.8.